The average Bonchev–Trinajstić information content (AvgIpc) is 2.44. The molecule has 2 heterocycles. The molecule has 4 heteroatoms. The van der Waals surface area contributed by atoms with Gasteiger partial charge in [0.15, 0.2) is 0 Å². The third-order valence-corrected chi connectivity index (χ3v) is 3.68. The van der Waals surface area contributed by atoms with Crippen molar-refractivity contribution in [2.45, 2.75) is 26.1 Å². The maximum atomic E-state index is 9.64. The Bertz CT molecular complexity index is 625. The largest absolute Gasteiger partial charge is 0.392 e. The van der Waals surface area contributed by atoms with Crippen LogP contribution < -0.4 is 4.90 Å². The molecular weight excluding hydrogens is 252 g/mol. The topological polar surface area (TPSA) is 45.6 Å². The SMILES string of the molecule is CC1(C)CN(c2nc3ccccc3cc2CO)CCO1. The summed E-state index contributed by atoms with van der Waals surface area (Å²) < 4.78 is 5.75. The van der Waals surface area contributed by atoms with Crippen molar-refractivity contribution in [1.29, 1.82) is 0 Å². The highest BCUT2D eigenvalue weighted by Crippen LogP contribution is 2.27. The van der Waals surface area contributed by atoms with Gasteiger partial charge in [0, 0.05) is 24.0 Å². The van der Waals surface area contributed by atoms with E-state index in [2.05, 4.69) is 18.7 Å². The fourth-order valence-corrected chi connectivity index (χ4v) is 2.74. The van der Waals surface area contributed by atoms with Crippen LogP contribution in [0.3, 0.4) is 0 Å². The molecule has 1 fully saturated rings. The molecular formula is C16H20N2O2. The first-order valence-corrected chi connectivity index (χ1v) is 6.97. The van der Waals surface area contributed by atoms with Gasteiger partial charge in [-0.3, -0.25) is 0 Å². The number of fused-ring (bicyclic) bond motifs is 1. The Balaban J connectivity index is 2.05. The predicted octanol–water partition coefficient (Wildman–Crippen LogP) is 2.34. The number of hydrogen-bond acceptors (Lipinski definition) is 4. The van der Waals surface area contributed by atoms with Crippen molar-refractivity contribution >= 4 is 16.7 Å². The first-order chi connectivity index (χ1) is 9.59. The molecule has 106 valence electrons. The summed E-state index contributed by atoms with van der Waals surface area (Å²) in [5.41, 5.74) is 1.66. The van der Waals surface area contributed by atoms with Gasteiger partial charge < -0.3 is 14.7 Å². The van der Waals surface area contributed by atoms with Gasteiger partial charge in [-0.1, -0.05) is 18.2 Å². The van der Waals surface area contributed by atoms with Crippen LogP contribution in [0.1, 0.15) is 19.4 Å². The van der Waals surface area contributed by atoms with Crippen molar-refractivity contribution in [2.24, 2.45) is 0 Å². The highest BCUT2D eigenvalue weighted by atomic mass is 16.5. The summed E-state index contributed by atoms with van der Waals surface area (Å²) >= 11 is 0. The van der Waals surface area contributed by atoms with Gasteiger partial charge in [-0.05, 0) is 26.0 Å². The van der Waals surface area contributed by atoms with Crippen LogP contribution in [0.15, 0.2) is 30.3 Å². The van der Waals surface area contributed by atoms with Crippen LogP contribution in [0.25, 0.3) is 10.9 Å². The van der Waals surface area contributed by atoms with E-state index in [1.807, 2.05) is 30.3 Å². The summed E-state index contributed by atoms with van der Waals surface area (Å²) in [4.78, 5) is 6.96. The molecule has 0 spiro atoms. The fraction of sp³-hybridized carbons (Fsp3) is 0.438. The van der Waals surface area contributed by atoms with E-state index in [0.29, 0.717) is 6.61 Å². The van der Waals surface area contributed by atoms with E-state index in [1.54, 1.807) is 0 Å². The molecule has 20 heavy (non-hydrogen) atoms. The Morgan fingerprint density at radius 2 is 2.15 bits per heavy atom. The van der Waals surface area contributed by atoms with Crippen molar-refractivity contribution in [1.82, 2.24) is 4.98 Å². The highest BCUT2D eigenvalue weighted by Gasteiger charge is 2.29. The molecule has 0 atom stereocenters. The fourth-order valence-electron chi connectivity index (χ4n) is 2.74. The monoisotopic (exact) mass is 272 g/mol. The van der Waals surface area contributed by atoms with E-state index >= 15 is 0 Å². The van der Waals surface area contributed by atoms with Gasteiger partial charge in [-0.25, -0.2) is 4.98 Å². The van der Waals surface area contributed by atoms with E-state index < -0.39 is 0 Å². The van der Waals surface area contributed by atoms with Gasteiger partial charge in [0.05, 0.1) is 24.3 Å². The molecule has 4 nitrogen and oxygen atoms in total. The first kappa shape index (κ1) is 13.3. The van der Waals surface area contributed by atoms with Crippen molar-refractivity contribution < 1.29 is 9.84 Å². The number of ether oxygens (including phenoxy) is 1. The van der Waals surface area contributed by atoms with E-state index in [1.165, 1.54) is 0 Å². The summed E-state index contributed by atoms with van der Waals surface area (Å²) in [6, 6.07) is 10.0. The van der Waals surface area contributed by atoms with Crippen LogP contribution in [-0.4, -0.2) is 35.4 Å². The van der Waals surface area contributed by atoms with Crippen LogP contribution >= 0.6 is 0 Å². The number of aliphatic hydroxyl groups excluding tert-OH is 1. The molecule has 0 aliphatic carbocycles. The Morgan fingerprint density at radius 1 is 1.35 bits per heavy atom. The summed E-state index contributed by atoms with van der Waals surface area (Å²) in [5.74, 6) is 0.877. The number of hydrogen-bond donors (Lipinski definition) is 1. The zero-order chi connectivity index (χ0) is 14.2. The highest BCUT2D eigenvalue weighted by molar-refractivity contribution is 5.81. The standard InChI is InChI=1S/C16H20N2O2/c1-16(2)11-18(7-8-20-16)15-13(10-19)9-12-5-3-4-6-14(12)17-15/h3-6,9,19H,7-8,10-11H2,1-2H3. The van der Waals surface area contributed by atoms with Crippen LogP contribution in [0.5, 0.6) is 0 Å². The number of para-hydroxylation sites is 1. The Morgan fingerprint density at radius 3 is 2.90 bits per heavy atom. The number of aromatic nitrogens is 1. The molecule has 3 rings (SSSR count). The maximum Gasteiger partial charge on any atom is 0.135 e. The van der Waals surface area contributed by atoms with E-state index in [9.17, 15) is 5.11 Å². The third-order valence-electron chi connectivity index (χ3n) is 3.68. The van der Waals surface area contributed by atoms with Crippen LogP contribution in [0.2, 0.25) is 0 Å². The molecule has 1 aliphatic rings. The van der Waals surface area contributed by atoms with Crippen molar-refractivity contribution in [3.8, 4) is 0 Å². The minimum Gasteiger partial charge on any atom is -0.392 e. The first-order valence-electron chi connectivity index (χ1n) is 6.97. The van der Waals surface area contributed by atoms with Gasteiger partial charge in [0.1, 0.15) is 5.82 Å². The maximum absolute atomic E-state index is 9.64. The average molecular weight is 272 g/mol. The number of benzene rings is 1. The zero-order valence-electron chi connectivity index (χ0n) is 12.0. The number of rotatable bonds is 2. The van der Waals surface area contributed by atoms with Crippen LogP contribution in [0, 0.1) is 0 Å². The van der Waals surface area contributed by atoms with Crippen molar-refractivity contribution in [3.63, 3.8) is 0 Å². The molecule has 0 amide bonds. The van der Waals surface area contributed by atoms with Gasteiger partial charge in [-0.15, -0.1) is 0 Å². The molecule has 1 aromatic carbocycles. The number of aliphatic hydroxyl groups is 1. The minimum absolute atomic E-state index is 0.00491. The lowest BCUT2D eigenvalue weighted by Crippen LogP contribution is -2.49. The molecule has 1 aliphatic heterocycles. The van der Waals surface area contributed by atoms with Gasteiger partial charge in [0.2, 0.25) is 0 Å². The summed E-state index contributed by atoms with van der Waals surface area (Å²) in [6.45, 7) is 6.45. The predicted molar refractivity (Wildman–Crippen MR) is 79.9 cm³/mol. The Hall–Kier alpha value is -1.65. The number of morpholine rings is 1. The lowest BCUT2D eigenvalue weighted by Gasteiger charge is -2.39. The Labute approximate surface area is 119 Å². The number of pyridine rings is 1. The molecule has 1 saturated heterocycles. The summed E-state index contributed by atoms with van der Waals surface area (Å²) in [6.07, 6.45) is 0. The number of nitrogens with zero attached hydrogens (tertiary/aromatic N) is 2. The minimum atomic E-state index is -0.182. The van der Waals surface area contributed by atoms with E-state index in [-0.39, 0.29) is 12.2 Å². The quantitative estimate of drug-likeness (QED) is 0.911. The normalized spacial score (nSPS) is 18.4. The van der Waals surface area contributed by atoms with Crippen LogP contribution in [-0.2, 0) is 11.3 Å². The van der Waals surface area contributed by atoms with Crippen molar-refractivity contribution in [3.05, 3.63) is 35.9 Å². The van der Waals surface area contributed by atoms with Gasteiger partial charge >= 0.3 is 0 Å². The van der Waals surface area contributed by atoms with E-state index in [4.69, 9.17) is 9.72 Å². The third kappa shape index (κ3) is 2.49. The van der Waals surface area contributed by atoms with Gasteiger partial charge in [-0.2, -0.15) is 0 Å². The Kier molecular flexibility index (Phi) is 3.36. The van der Waals surface area contributed by atoms with Crippen LogP contribution in [0.4, 0.5) is 5.82 Å². The molecule has 0 unspecified atom stereocenters. The lowest BCUT2D eigenvalue weighted by molar-refractivity contribution is -0.0279. The number of anilines is 1. The summed E-state index contributed by atoms with van der Waals surface area (Å²) in [7, 11) is 0. The van der Waals surface area contributed by atoms with Crippen molar-refractivity contribution in [2.75, 3.05) is 24.6 Å². The second-order valence-corrected chi connectivity index (χ2v) is 5.85. The second kappa shape index (κ2) is 5.04. The zero-order valence-corrected chi connectivity index (χ0v) is 12.0. The molecule has 0 saturated carbocycles. The molecule has 0 bridgehead atoms. The lowest BCUT2D eigenvalue weighted by atomic mass is 10.1. The molecule has 1 aromatic heterocycles. The smallest absolute Gasteiger partial charge is 0.135 e. The summed E-state index contributed by atoms with van der Waals surface area (Å²) in [5, 5.41) is 10.7. The molecule has 2 aromatic rings. The second-order valence-electron chi connectivity index (χ2n) is 5.85. The molecule has 1 N–H and O–H groups in total. The molecule has 0 radical (unpaired) electrons. The van der Waals surface area contributed by atoms with E-state index in [0.717, 1.165) is 35.4 Å². The van der Waals surface area contributed by atoms with Gasteiger partial charge in [0.25, 0.3) is 0 Å².